The monoisotopic (exact) mass is 329 g/mol. The smallest absolute Gasteiger partial charge is 0.328 e. The second-order valence-corrected chi connectivity index (χ2v) is 5.47. The van der Waals surface area contributed by atoms with Gasteiger partial charge in [0.25, 0.3) is 0 Å². The van der Waals surface area contributed by atoms with Crippen LogP contribution in [0.5, 0.6) is 0 Å². The van der Waals surface area contributed by atoms with E-state index < -0.39 is 24.6 Å². The van der Waals surface area contributed by atoms with Crippen LogP contribution in [0.4, 0.5) is 4.39 Å². The van der Waals surface area contributed by atoms with Crippen molar-refractivity contribution in [2.45, 2.75) is 18.4 Å². The van der Waals surface area contributed by atoms with Crippen molar-refractivity contribution < 1.29 is 19.1 Å². The summed E-state index contributed by atoms with van der Waals surface area (Å²) in [4.78, 5) is 22.4. The van der Waals surface area contributed by atoms with Crippen LogP contribution in [-0.4, -0.2) is 29.7 Å². The van der Waals surface area contributed by atoms with Gasteiger partial charge in [-0.15, -0.1) is 0 Å². The summed E-state index contributed by atoms with van der Waals surface area (Å²) in [7, 11) is 0. The molecule has 1 aliphatic rings. The van der Waals surface area contributed by atoms with Crippen LogP contribution in [-0.2, 0) is 9.59 Å². The van der Waals surface area contributed by atoms with E-state index in [1.165, 1.54) is 0 Å². The molecule has 1 fully saturated rings. The number of rotatable bonds is 5. The van der Waals surface area contributed by atoms with Crippen LogP contribution in [0.15, 0.2) is 28.7 Å². The first-order valence-electron chi connectivity index (χ1n) is 5.87. The minimum atomic E-state index is -1.45. The number of hydrogen-bond donors (Lipinski definition) is 2. The zero-order chi connectivity index (χ0) is 14.0. The molecule has 0 spiro atoms. The summed E-state index contributed by atoms with van der Waals surface area (Å²) in [5, 5.41) is 10.9. The number of carbonyl (C=O) groups is 2. The molecule has 1 aromatic rings. The van der Waals surface area contributed by atoms with Gasteiger partial charge in [0.15, 0.2) is 6.04 Å². The van der Waals surface area contributed by atoms with Gasteiger partial charge in [-0.2, -0.15) is 0 Å². The lowest BCUT2D eigenvalue weighted by Crippen LogP contribution is -2.43. The zero-order valence-corrected chi connectivity index (χ0v) is 11.6. The van der Waals surface area contributed by atoms with Crippen molar-refractivity contribution in [1.82, 2.24) is 5.32 Å². The van der Waals surface area contributed by atoms with Gasteiger partial charge in [-0.3, -0.25) is 4.79 Å². The standard InChI is InChI=1S/C13H13BrFNO3/c14-8-3-1-2-7(4-8)9-5-10(9)12(17)16-11(6-15)13(18)19/h1-4,9-11H,5-6H2,(H,16,17)(H,18,19). The maximum atomic E-state index is 12.4. The number of nitrogens with one attached hydrogen (secondary N) is 1. The lowest BCUT2D eigenvalue weighted by Gasteiger charge is -2.10. The average Bonchev–Trinajstić information content (AvgIpc) is 3.15. The van der Waals surface area contributed by atoms with Crippen LogP contribution >= 0.6 is 15.9 Å². The van der Waals surface area contributed by atoms with Gasteiger partial charge in [-0.05, 0) is 30.0 Å². The first-order chi connectivity index (χ1) is 9.02. The summed E-state index contributed by atoms with van der Waals surface area (Å²) in [5.41, 5.74) is 1.03. The first-order valence-corrected chi connectivity index (χ1v) is 6.67. The van der Waals surface area contributed by atoms with Crippen molar-refractivity contribution in [2.75, 3.05) is 6.67 Å². The lowest BCUT2D eigenvalue weighted by molar-refractivity contribution is -0.142. The van der Waals surface area contributed by atoms with Gasteiger partial charge >= 0.3 is 5.97 Å². The van der Waals surface area contributed by atoms with Gasteiger partial charge in [-0.1, -0.05) is 28.1 Å². The average molecular weight is 330 g/mol. The highest BCUT2D eigenvalue weighted by Crippen LogP contribution is 2.47. The predicted molar refractivity (Wildman–Crippen MR) is 70.5 cm³/mol. The number of benzene rings is 1. The summed E-state index contributed by atoms with van der Waals surface area (Å²) < 4.78 is 13.4. The van der Waals surface area contributed by atoms with Crippen LogP contribution in [0, 0.1) is 5.92 Å². The van der Waals surface area contributed by atoms with Crippen molar-refractivity contribution in [3.8, 4) is 0 Å². The molecule has 2 N–H and O–H groups in total. The second kappa shape index (κ2) is 5.69. The van der Waals surface area contributed by atoms with E-state index in [4.69, 9.17) is 5.11 Å². The molecular formula is C13H13BrFNO3. The highest BCUT2D eigenvalue weighted by atomic mass is 79.9. The Morgan fingerprint density at radius 2 is 2.26 bits per heavy atom. The zero-order valence-electron chi connectivity index (χ0n) is 9.98. The molecule has 1 amide bonds. The lowest BCUT2D eigenvalue weighted by atomic mass is 10.1. The molecule has 1 aromatic carbocycles. The number of aliphatic carboxylic acids is 1. The third kappa shape index (κ3) is 3.32. The predicted octanol–water partition coefficient (Wildman–Crippen LogP) is 2.09. The van der Waals surface area contributed by atoms with E-state index in [2.05, 4.69) is 21.2 Å². The summed E-state index contributed by atoms with van der Waals surface area (Å²) in [6, 6.07) is 6.18. The summed E-state index contributed by atoms with van der Waals surface area (Å²) in [6.07, 6.45) is 0.668. The van der Waals surface area contributed by atoms with Gasteiger partial charge in [0.05, 0.1) is 0 Å². The van der Waals surface area contributed by atoms with Crippen molar-refractivity contribution in [1.29, 1.82) is 0 Å². The quantitative estimate of drug-likeness (QED) is 0.869. The molecule has 0 heterocycles. The Morgan fingerprint density at radius 1 is 1.53 bits per heavy atom. The highest BCUT2D eigenvalue weighted by Gasteiger charge is 2.44. The Kier molecular flexibility index (Phi) is 4.19. The van der Waals surface area contributed by atoms with Gasteiger partial charge in [0.1, 0.15) is 6.67 Å². The number of carboxylic acid groups (broad SMARTS) is 1. The number of amides is 1. The van der Waals surface area contributed by atoms with Gasteiger partial charge in [-0.25, -0.2) is 9.18 Å². The van der Waals surface area contributed by atoms with Crippen LogP contribution < -0.4 is 5.32 Å². The minimum Gasteiger partial charge on any atom is -0.480 e. The molecule has 1 saturated carbocycles. The Bertz CT molecular complexity index is 508. The van der Waals surface area contributed by atoms with Crippen molar-refractivity contribution in [3.63, 3.8) is 0 Å². The minimum absolute atomic E-state index is 0.0894. The van der Waals surface area contributed by atoms with Gasteiger partial charge in [0.2, 0.25) is 5.91 Å². The van der Waals surface area contributed by atoms with Crippen LogP contribution in [0.25, 0.3) is 0 Å². The number of hydrogen-bond acceptors (Lipinski definition) is 2. The number of alkyl halides is 1. The van der Waals surface area contributed by atoms with Gasteiger partial charge in [0, 0.05) is 10.4 Å². The van der Waals surface area contributed by atoms with Gasteiger partial charge < -0.3 is 10.4 Å². The van der Waals surface area contributed by atoms with Crippen LogP contribution in [0.2, 0.25) is 0 Å². The Labute approximate surface area is 118 Å². The van der Waals surface area contributed by atoms with E-state index in [0.29, 0.717) is 6.42 Å². The van der Waals surface area contributed by atoms with E-state index in [1.54, 1.807) is 0 Å². The number of halogens is 2. The molecule has 0 bridgehead atoms. The van der Waals surface area contributed by atoms with E-state index in [-0.39, 0.29) is 11.8 Å². The molecule has 0 radical (unpaired) electrons. The molecule has 3 unspecified atom stereocenters. The molecule has 0 saturated heterocycles. The van der Waals surface area contributed by atoms with Crippen molar-refractivity contribution in [3.05, 3.63) is 34.3 Å². The molecule has 0 aromatic heterocycles. The molecule has 2 rings (SSSR count). The highest BCUT2D eigenvalue weighted by molar-refractivity contribution is 9.10. The van der Waals surface area contributed by atoms with Crippen LogP contribution in [0.1, 0.15) is 17.9 Å². The van der Waals surface area contributed by atoms with E-state index in [0.717, 1.165) is 10.0 Å². The Balaban J connectivity index is 1.95. The molecule has 6 heteroatoms. The first kappa shape index (κ1) is 14.0. The third-order valence-electron chi connectivity index (χ3n) is 3.17. The molecule has 19 heavy (non-hydrogen) atoms. The number of carbonyl (C=O) groups excluding carboxylic acids is 1. The molecular weight excluding hydrogens is 317 g/mol. The second-order valence-electron chi connectivity index (χ2n) is 4.56. The fraction of sp³-hybridized carbons (Fsp3) is 0.385. The van der Waals surface area contributed by atoms with E-state index in [1.807, 2.05) is 24.3 Å². The maximum Gasteiger partial charge on any atom is 0.328 e. The molecule has 3 atom stereocenters. The summed E-state index contributed by atoms with van der Waals surface area (Å²) >= 11 is 3.36. The van der Waals surface area contributed by atoms with Crippen LogP contribution in [0.3, 0.4) is 0 Å². The van der Waals surface area contributed by atoms with Crippen molar-refractivity contribution >= 4 is 27.8 Å². The number of carboxylic acids is 1. The normalized spacial score (nSPS) is 22.6. The van der Waals surface area contributed by atoms with Crippen molar-refractivity contribution in [2.24, 2.45) is 5.92 Å². The summed E-state index contributed by atoms with van der Waals surface area (Å²) in [6.45, 7) is -1.10. The maximum absolute atomic E-state index is 12.4. The third-order valence-corrected chi connectivity index (χ3v) is 3.67. The molecule has 102 valence electrons. The topological polar surface area (TPSA) is 66.4 Å². The summed E-state index contributed by atoms with van der Waals surface area (Å²) in [5.74, 6) is -1.92. The fourth-order valence-corrected chi connectivity index (χ4v) is 2.45. The molecule has 0 aliphatic heterocycles. The van der Waals surface area contributed by atoms with E-state index in [9.17, 15) is 14.0 Å². The fourth-order valence-electron chi connectivity index (χ4n) is 2.04. The molecule has 4 nitrogen and oxygen atoms in total. The molecule has 1 aliphatic carbocycles. The largest absolute Gasteiger partial charge is 0.480 e. The Hall–Kier alpha value is -1.43. The van der Waals surface area contributed by atoms with E-state index >= 15 is 0 Å². The Morgan fingerprint density at radius 3 is 2.84 bits per heavy atom. The SMILES string of the molecule is O=C(O)C(CF)NC(=O)C1CC1c1cccc(Br)c1.